The molecule has 0 aromatic carbocycles. The summed E-state index contributed by atoms with van der Waals surface area (Å²) in [5, 5.41) is 4.32. The number of aromatic amines is 1. The minimum Gasteiger partial charge on any atom is -0.294 e. The molecule has 1 aromatic rings. The SMILES string of the molecule is CCN(CC)Cc1c(=O)o[nH][n+]1N(C)C. The first kappa shape index (κ1) is 11.8. The van der Waals surface area contributed by atoms with E-state index in [0.717, 1.165) is 13.1 Å². The van der Waals surface area contributed by atoms with Gasteiger partial charge >= 0.3 is 11.3 Å². The van der Waals surface area contributed by atoms with E-state index >= 15 is 0 Å². The zero-order chi connectivity index (χ0) is 11.4. The quantitative estimate of drug-likeness (QED) is 0.660. The summed E-state index contributed by atoms with van der Waals surface area (Å²) in [5.41, 5.74) is 0.305. The van der Waals surface area contributed by atoms with Crippen LogP contribution in [0.1, 0.15) is 19.5 Å². The molecule has 0 unspecified atom stereocenters. The van der Waals surface area contributed by atoms with Crippen LogP contribution in [0.5, 0.6) is 0 Å². The van der Waals surface area contributed by atoms with Crippen LogP contribution >= 0.6 is 0 Å². The van der Waals surface area contributed by atoms with Crippen molar-refractivity contribution in [3.05, 3.63) is 16.1 Å². The Morgan fingerprint density at radius 1 is 1.33 bits per heavy atom. The lowest BCUT2D eigenvalue weighted by atomic mass is 10.4. The van der Waals surface area contributed by atoms with Gasteiger partial charge in [-0.15, -0.1) is 0 Å². The molecular formula is C9H19N4O2+. The van der Waals surface area contributed by atoms with Gasteiger partial charge in [-0.1, -0.05) is 13.8 Å². The topological polar surface area (TPSA) is 56.4 Å². The number of nitrogens with one attached hydrogen (secondary N) is 1. The highest BCUT2D eigenvalue weighted by Gasteiger charge is 2.24. The Kier molecular flexibility index (Phi) is 3.90. The van der Waals surface area contributed by atoms with Crippen LogP contribution in [-0.2, 0) is 6.54 Å². The largest absolute Gasteiger partial charge is 0.434 e. The molecule has 0 bridgehead atoms. The van der Waals surface area contributed by atoms with Gasteiger partial charge in [-0.3, -0.25) is 9.42 Å². The van der Waals surface area contributed by atoms with Crippen molar-refractivity contribution < 1.29 is 9.31 Å². The summed E-state index contributed by atoms with van der Waals surface area (Å²) in [6.45, 7) is 6.55. The summed E-state index contributed by atoms with van der Waals surface area (Å²) < 4.78 is 4.76. The molecule has 1 rings (SSSR count). The fourth-order valence-corrected chi connectivity index (χ4v) is 1.40. The van der Waals surface area contributed by atoms with E-state index in [0.29, 0.717) is 12.2 Å². The fraction of sp³-hybridized carbons (Fsp3) is 0.778. The molecule has 0 radical (unpaired) electrons. The van der Waals surface area contributed by atoms with Crippen molar-refractivity contribution in [2.45, 2.75) is 20.4 Å². The predicted molar refractivity (Wildman–Crippen MR) is 56.2 cm³/mol. The van der Waals surface area contributed by atoms with E-state index in [9.17, 15) is 4.79 Å². The van der Waals surface area contributed by atoms with Gasteiger partial charge < -0.3 is 0 Å². The van der Waals surface area contributed by atoms with E-state index in [2.05, 4.69) is 24.0 Å². The summed E-state index contributed by atoms with van der Waals surface area (Å²) in [6.07, 6.45) is 0. The molecule has 0 atom stereocenters. The first-order valence-electron chi connectivity index (χ1n) is 5.12. The van der Waals surface area contributed by atoms with Gasteiger partial charge in [-0.05, 0) is 13.1 Å². The molecule has 0 aliphatic carbocycles. The number of rotatable bonds is 5. The van der Waals surface area contributed by atoms with Crippen molar-refractivity contribution in [2.75, 3.05) is 32.2 Å². The molecule has 6 nitrogen and oxygen atoms in total. The highest BCUT2D eigenvalue weighted by Crippen LogP contribution is 1.93. The zero-order valence-electron chi connectivity index (χ0n) is 9.78. The standard InChI is InChI=1S/C9H18N4O2/c1-5-12(6-2)7-8-9(14)15-10-13(8)11(3)4/h5-7H2,1-4H3/p+1. The third-order valence-corrected chi connectivity index (χ3v) is 2.38. The Hall–Kier alpha value is -1.30. The zero-order valence-corrected chi connectivity index (χ0v) is 9.78. The summed E-state index contributed by atoms with van der Waals surface area (Å²) in [4.78, 5) is 15.2. The van der Waals surface area contributed by atoms with E-state index in [1.54, 1.807) is 9.80 Å². The molecule has 6 heteroatoms. The van der Waals surface area contributed by atoms with Gasteiger partial charge in [0.25, 0.3) is 0 Å². The van der Waals surface area contributed by atoms with Gasteiger partial charge in [-0.2, -0.15) is 5.01 Å². The average molecular weight is 215 g/mol. The van der Waals surface area contributed by atoms with E-state index in [1.807, 2.05) is 14.1 Å². The fourth-order valence-electron chi connectivity index (χ4n) is 1.40. The maximum Gasteiger partial charge on any atom is 0.434 e. The molecule has 0 aliphatic heterocycles. The third-order valence-electron chi connectivity index (χ3n) is 2.38. The lowest BCUT2D eigenvalue weighted by molar-refractivity contribution is -0.760. The number of hydrogen-bond acceptors (Lipinski definition) is 4. The van der Waals surface area contributed by atoms with Crippen LogP contribution in [0.2, 0.25) is 0 Å². The van der Waals surface area contributed by atoms with Crippen LogP contribution in [0.25, 0.3) is 0 Å². The summed E-state index contributed by atoms with van der Waals surface area (Å²) in [6, 6.07) is 0. The van der Waals surface area contributed by atoms with Gasteiger partial charge in [-0.25, -0.2) is 4.79 Å². The van der Waals surface area contributed by atoms with Gasteiger partial charge in [0, 0.05) is 10.1 Å². The van der Waals surface area contributed by atoms with Crippen LogP contribution < -0.4 is 15.4 Å². The molecule has 15 heavy (non-hydrogen) atoms. The van der Waals surface area contributed by atoms with Crippen LogP contribution in [0.15, 0.2) is 9.32 Å². The minimum absolute atomic E-state index is 0.310. The number of H-pyrrole nitrogens is 1. The van der Waals surface area contributed by atoms with Gasteiger partial charge in [0.2, 0.25) is 0 Å². The Bertz CT molecular complexity index is 351. The molecule has 0 spiro atoms. The number of aromatic nitrogens is 2. The highest BCUT2D eigenvalue weighted by molar-refractivity contribution is 4.83. The molecule has 0 fully saturated rings. The van der Waals surface area contributed by atoms with Crippen molar-refractivity contribution in [1.29, 1.82) is 0 Å². The second kappa shape index (κ2) is 4.97. The molecule has 1 aromatic heterocycles. The molecule has 0 amide bonds. The van der Waals surface area contributed by atoms with E-state index in [-0.39, 0.29) is 5.63 Å². The smallest absolute Gasteiger partial charge is 0.294 e. The summed E-state index contributed by atoms with van der Waals surface area (Å²) in [5.74, 6) is 0. The van der Waals surface area contributed by atoms with Crippen molar-refractivity contribution in [3.8, 4) is 0 Å². The summed E-state index contributed by atoms with van der Waals surface area (Å²) >= 11 is 0. The number of hydrogen-bond donors (Lipinski definition) is 1. The first-order chi connectivity index (χ1) is 7.10. The molecular weight excluding hydrogens is 196 g/mol. The number of nitrogens with zero attached hydrogens (tertiary/aromatic N) is 3. The monoisotopic (exact) mass is 215 g/mol. The minimum atomic E-state index is -0.310. The Morgan fingerprint density at radius 2 is 1.93 bits per heavy atom. The van der Waals surface area contributed by atoms with Crippen LogP contribution in [0.3, 0.4) is 0 Å². The lowest BCUT2D eigenvalue weighted by Gasteiger charge is -2.14. The third kappa shape index (κ3) is 2.59. The van der Waals surface area contributed by atoms with Gasteiger partial charge in [0.15, 0.2) is 0 Å². The lowest BCUT2D eigenvalue weighted by Crippen LogP contribution is -2.58. The van der Waals surface area contributed by atoms with Crippen LogP contribution in [-0.4, -0.2) is 37.4 Å². The Balaban J connectivity index is 2.92. The van der Waals surface area contributed by atoms with Crippen molar-refractivity contribution in [1.82, 2.24) is 10.2 Å². The summed E-state index contributed by atoms with van der Waals surface area (Å²) in [7, 11) is 3.69. The molecule has 0 saturated carbocycles. The van der Waals surface area contributed by atoms with Crippen molar-refractivity contribution in [2.24, 2.45) is 0 Å². The van der Waals surface area contributed by atoms with E-state index in [4.69, 9.17) is 4.52 Å². The average Bonchev–Trinajstić information content (AvgIpc) is 2.56. The van der Waals surface area contributed by atoms with Crippen molar-refractivity contribution in [3.63, 3.8) is 0 Å². The van der Waals surface area contributed by atoms with E-state index in [1.165, 1.54) is 0 Å². The van der Waals surface area contributed by atoms with Crippen LogP contribution in [0, 0.1) is 0 Å². The predicted octanol–water partition coefficient (Wildman–Crippen LogP) is -0.705. The molecule has 1 heterocycles. The highest BCUT2D eigenvalue weighted by atomic mass is 16.5. The van der Waals surface area contributed by atoms with Crippen LogP contribution in [0.4, 0.5) is 0 Å². The molecule has 0 aliphatic rings. The molecule has 0 saturated heterocycles. The van der Waals surface area contributed by atoms with E-state index < -0.39 is 0 Å². The Morgan fingerprint density at radius 3 is 2.40 bits per heavy atom. The second-order valence-electron chi connectivity index (χ2n) is 3.55. The normalized spacial score (nSPS) is 11.0. The van der Waals surface area contributed by atoms with Gasteiger partial charge in [0.1, 0.15) is 0 Å². The Labute approximate surface area is 89.0 Å². The van der Waals surface area contributed by atoms with Gasteiger partial charge in [0.05, 0.1) is 20.6 Å². The maximum absolute atomic E-state index is 11.4. The second-order valence-corrected chi connectivity index (χ2v) is 3.55. The first-order valence-corrected chi connectivity index (χ1v) is 5.12. The van der Waals surface area contributed by atoms with Crippen molar-refractivity contribution >= 4 is 0 Å². The molecule has 86 valence electrons. The maximum atomic E-state index is 11.4. The molecule has 1 N–H and O–H groups in total.